The summed E-state index contributed by atoms with van der Waals surface area (Å²) in [5.41, 5.74) is 5.51. The van der Waals surface area contributed by atoms with Crippen LogP contribution in [0.4, 0.5) is 13.2 Å². The lowest BCUT2D eigenvalue weighted by molar-refractivity contribution is -0.173. The molecule has 1 atom stereocenters. The van der Waals surface area contributed by atoms with E-state index in [0.717, 1.165) is 6.08 Å². The fraction of sp³-hybridized carbons (Fsp3) is 0.636. The van der Waals surface area contributed by atoms with Gasteiger partial charge < -0.3 is 11.1 Å². The van der Waals surface area contributed by atoms with E-state index in [1.165, 1.54) is 0 Å². The molecular weight excluding hydrogens is 249 g/mol. The van der Waals surface area contributed by atoms with Crippen LogP contribution in [-0.4, -0.2) is 30.5 Å². The zero-order valence-electron chi connectivity index (χ0n) is 9.93. The summed E-state index contributed by atoms with van der Waals surface area (Å²) in [5.74, 6) is -2.18. The van der Waals surface area contributed by atoms with Gasteiger partial charge in [0, 0.05) is 6.54 Å². The van der Waals surface area contributed by atoms with E-state index in [2.05, 4.69) is 6.58 Å². The molecule has 0 spiro atoms. The van der Waals surface area contributed by atoms with Gasteiger partial charge in [-0.15, -0.1) is 0 Å². The molecule has 4 nitrogen and oxygen atoms in total. The average molecular weight is 266 g/mol. The van der Waals surface area contributed by atoms with Crippen molar-refractivity contribution in [1.82, 2.24) is 5.32 Å². The molecule has 1 amide bonds. The van der Waals surface area contributed by atoms with Crippen LogP contribution in [0.25, 0.3) is 0 Å². The number of ketones is 1. The first-order chi connectivity index (χ1) is 8.29. The second kappa shape index (κ2) is 7.86. The molecule has 0 unspecified atom stereocenters. The van der Waals surface area contributed by atoms with E-state index in [0.29, 0.717) is 25.7 Å². The van der Waals surface area contributed by atoms with E-state index < -0.39 is 18.1 Å². The Bertz CT molecular complexity index is 303. The van der Waals surface area contributed by atoms with Gasteiger partial charge in [-0.1, -0.05) is 19.4 Å². The van der Waals surface area contributed by atoms with Gasteiger partial charge in [-0.3, -0.25) is 9.59 Å². The number of halogens is 3. The quantitative estimate of drug-likeness (QED) is 0.514. The van der Waals surface area contributed by atoms with Crippen LogP contribution < -0.4 is 11.1 Å². The average Bonchev–Trinajstić information content (AvgIpc) is 2.30. The van der Waals surface area contributed by atoms with Gasteiger partial charge in [0.05, 0.1) is 6.04 Å². The number of carbonyl (C=O) groups excluding carboxylic acids is 2. The van der Waals surface area contributed by atoms with Crippen molar-refractivity contribution in [3.63, 3.8) is 0 Å². The summed E-state index contributed by atoms with van der Waals surface area (Å²) in [6.07, 6.45) is -1.61. The van der Waals surface area contributed by atoms with Gasteiger partial charge in [-0.05, 0) is 18.9 Å². The zero-order valence-corrected chi connectivity index (χ0v) is 9.93. The molecule has 0 aliphatic heterocycles. The number of nitrogens with one attached hydrogen (secondary N) is 1. The van der Waals surface area contributed by atoms with Gasteiger partial charge in [-0.25, -0.2) is 0 Å². The fourth-order valence-electron chi connectivity index (χ4n) is 1.26. The van der Waals surface area contributed by atoms with Crippen molar-refractivity contribution < 1.29 is 22.8 Å². The number of carbonyl (C=O) groups is 2. The molecule has 0 heterocycles. The summed E-state index contributed by atoms with van der Waals surface area (Å²) in [5, 5.41) is 1.77. The number of hydrogen-bond acceptors (Lipinski definition) is 3. The minimum atomic E-state index is -4.83. The van der Waals surface area contributed by atoms with Crippen molar-refractivity contribution in [2.24, 2.45) is 5.73 Å². The van der Waals surface area contributed by atoms with Crippen LogP contribution in [0.5, 0.6) is 0 Å². The van der Waals surface area contributed by atoms with Crippen molar-refractivity contribution in [3.05, 3.63) is 12.7 Å². The van der Waals surface area contributed by atoms with E-state index in [9.17, 15) is 22.8 Å². The molecule has 18 heavy (non-hydrogen) atoms. The lowest BCUT2D eigenvalue weighted by atomic mass is 10.1. The van der Waals surface area contributed by atoms with Crippen molar-refractivity contribution >= 4 is 11.7 Å². The van der Waals surface area contributed by atoms with Crippen LogP contribution >= 0.6 is 0 Å². The lowest BCUT2D eigenvalue weighted by Gasteiger charge is -2.09. The molecule has 0 aliphatic carbocycles. The maximum absolute atomic E-state index is 11.8. The molecule has 0 bridgehead atoms. The summed E-state index contributed by atoms with van der Waals surface area (Å²) in [6.45, 7) is 3.26. The van der Waals surface area contributed by atoms with Crippen molar-refractivity contribution in [2.45, 2.75) is 37.9 Å². The molecule has 3 N–H and O–H groups in total. The molecule has 0 saturated heterocycles. The van der Waals surface area contributed by atoms with Crippen LogP contribution in [0.15, 0.2) is 12.7 Å². The van der Waals surface area contributed by atoms with E-state index in [1.54, 1.807) is 5.32 Å². The van der Waals surface area contributed by atoms with Gasteiger partial charge in [0.1, 0.15) is 0 Å². The topological polar surface area (TPSA) is 72.2 Å². The Kier molecular flexibility index (Phi) is 7.26. The van der Waals surface area contributed by atoms with Gasteiger partial charge in [0.2, 0.25) is 0 Å². The van der Waals surface area contributed by atoms with Crippen LogP contribution in [-0.2, 0) is 9.59 Å². The van der Waals surface area contributed by atoms with Crippen LogP contribution in [0, 0.1) is 0 Å². The minimum Gasteiger partial charge on any atom is -0.348 e. The summed E-state index contributed by atoms with van der Waals surface area (Å²) in [4.78, 5) is 21.4. The van der Waals surface area contributed by atoms with Crippen molar-refractivity contribution in [3.8, 4) is 0 Å². The molecule has 0 aromatic carbocycles. The maximum Gasteiger partial charge on any atom is 0.471 e. The molecule has 0 radical (unpaired) electrons. The highest BCUT2D eigenvalue weighted by atomic mass is 19.4. The van der Waals surface area contributed by atoms with Crippen molar-refractivity contribution in [1.29, 1.82) is 0 Å². The van der Waals surface area contributed by atoms with E-state index in [1.807, 2.05) is 0 Å². The number of rotatable bonds is 8. The van der Waals surface area contributed by atoms with Crippen LogP contribution in [0.3, 0.4) is 0 Å². The van der Waals surface area contributed by atoms with E-state index in [-0.39, 0.29) is 12.3 Å². The maximum atomic E-state index is 11.8. The number of hydrogen-bond donors (Lipinski definition) is 2. The predicted molar refractivity (Wildman–Crippen MR) is 60.7 cm³/mol. The van der Waals surface area contributed by atoms with E-state index >= 15 is 0 Å². The van der Waals surface area contributed by atoms with E-state index in [4.69, 9.17) is 5.73 Å². The first kappa shape index (κ1) is 16.6. The minimum absolute atomic E-state index is 0.0387. The third kappa shape index (κ3) is 7.05. The Morgan fingerprint density at radius 2 is 1.89 bits per heavy atom. The number of unbranched alkanes of at least 4 members (excludes halogenated alkanes) is 2. The predicted octanol–water partition coefficient (Wildman–Crippen LogP) is 1.31. The first-order valence-electron chi connectivity index (χ1n) is 5.56. The van der Waals surface area contributed by atoms with Crippen LogP contribution in [0.1, 0.15) is 25.7 Å². The van der Waals surface area contributed by atoms with Gasteiger partial charge in [0.25, 0.3) is 0 Å². The highest BCUT2D eigenvalue weighted by molar-refractivity contribution is 5.93. The molecule has 0 rings (SSSR count). The third-order valence-electron chi connectivity index (χ3n) is 2.30. The molecule has 104 valence electrons. The largest absolute Gasteiger partial charge is 0.471 e. The molecule has 0 aromatic rings. The second-order valence-corrected chi connectivity index (χ2v) is 3.82. The summed E-state index contributed by atoms with van der Waals surface area (Å²) < 4.78 is 35.3. The SMILES string of the molecule is C=CC(=O)[C@@H](N)CCCCCNC(=O)C(F)(F)F. The monoisotopic (exact) mass is 266 g/mol. The van der Waals surface area contributed by atoms with Crippen molar-refractivity contribution in [2.75, 3.05) is 6.54 Å². The third-order valence-corrected chi connectivity index (χ3v) is 2.30. The fourth-order valence-corrected chi connectivity index (χ4v) is 1.26. The normalized spacial score (nSPS) is 12.9. The van der Waals surface area contributed by atoms with Gasteiger partial charge in [0.15, 0.2) is 5.78 Å². The lowest BCUT2D eigenvalue weighted by Crippen LogP contribution is -2.37. The highest BCUT2D eigenvalue weighted by Gasteiger charge is 2.38. The molecular formula is C11H17F3N2O2. The van der Waals surface area contributed by atoms with Gasteiger partial charge in [-0.2, -0.15) is 13.2 Å². The van der Waals surface area contributed by atoms with Crippen LogP contribution in [0.2, 0.25) is 0 Å². The smallest absolute Gasteiger partial charge is 0.348 e. The Labute approximate surface area is 103 Å². The number of alkyl halides is 3. The highest BCUT2D eigenvalue weighted by Crippen LogP contribution is 2.14. The Hall–Kier alpha value is -1.37. The zero-order chi connectivity index (χ0) is 14.2. The molecule has 0 aliphatic rings. The summed E-state index contributed by atoms with van der Waals surface area (Å²) in [6, 6.07) is -0.604. The summed E-state index contributed by atoms with van der Waals surface area (Å²) in [7, 11) is 0. The Balaban J connectivity index is 3.56. The second-order valence-electron chi connectivity index (χ2n) is 3.82. The first-order valence-corrected chi connectivity index (χ1v) is 5.56. The number of amides is 1. The molecule has 0 fully saturated rings. The molecule has 0 saturated carbocycles. The summed E-state index contributed by atoms with van der Waals surface area (Å²) >= 11 is 0. The van der Waals surface area contributed by atoms with Gasteiger partial charge >= 0.3 is 12.1 Å². The molecule has 0 aromatic heterocycles. The Morgan fingerprint density at radius 1 is 1.28 bits per heavy atom. The number of nitrogens with two attached hydrogens (primary N) is 1. The standard InChI is InChI=1S/C11H17F3N2O2/c1-2-9(17)8(15)6-4-3-5-7-16-10(18)11(12,13)14/h2,8H,1,3-7,15H2,(H,16,18)/t8-/m0/s1. The molecule has 7 heteroatoms. The Morgan fingerprint density at radius 3 is 2.39 bits per heavy atom.